The fourth-order valence-electron chi connectivity index (χ4n) is 4.10. The van der Waals surface area contributed by atoms with Crippen molar-refractivity contribution in [3.63, 3.8) is 0 Å². The number of carbonyl (C=O) groups is 1. The van der Waals surface area contributed by atoms with Gasteiger partial charge in [-0.15, -0.1) is 0 Å². The number of aromatic nitrogens is 4. The lowest BCUT2D eigenvalue weighted by Gasteiger charge is -2.38. The predicted octanol–water partition coefficient (Wildman–Crippen LogP) is 2.19. The molecule has 0 bridgehead atoms. The van der Waals surface area contributed by atoms with E-state index in [9.17, 15) is 9.90 Å². The summed E-state index contributed by atoms with van der Waals surface area (Å²) in [5, 5.41) is 22.9. The Morgan fingerprint density at radius 3 is 2.68 bits per heavy atom. The van der Waals surface area contributed by atoms with Crippen LogP contribution in [0, 0.1) is 5.41 Å². The zero-order valence-corrected chi connectivity index (χ0v) is 16.6. The molecule has 3 aromatic rings. The molecule has 4 N–H and O–H groups in total. The molecular formula is C20H26N6O2. The number of aryl methyl sites for hydroxylation is 1. The van der Waals surface area contributed by atoms with E-state index in [1.807, 2.05) is 46.1 Å². The molecule has 1 amide bonds. The fourth-order valence-corrected chi connectivity index (χ4v) is 4.10. The number of hydrogen-bond donors (Lipinski definition) is 3. The molecule has 1 aliphatic rings. The number of rotatable bonds is 4. The fraction of sp³-hybridized carbons (Fsp3) is 0.450. The Balaban J connectivity index is 1.84. The largest absolute Gasteiger partial charge is 0.390 e. The molecule has 1 aliphatic carbocycles. The molecule has 1 saturated carbocycles. The summed E-state index contributed by atoms with van der Waals surface area (Å²) in [5.74, 6) is -0.539. The highest BCUT2D eigenvalue weighted by molar-refractivity contribution is 6.02. The van der Waals surface area contributed by atoms with E-state index in [0.29, 0.717) is 17.7 Å². The van der Waals surface area contributed by atoms with E-state index in [1.54, 1.807) is 15.4 Å². The Bertz CT molecular complexity index is 1060. The van der Waals surface area contributed by atoms with Crippen LogP contribution in [0.5, 0.6) is 0 Å². The summed E-state index contributed by atoms with van der Waals surface area (Å²) >= 11 is 0. The number of hydrogen-bond acceptors (Lipinski definition) is 5. The van der Waals surface area contributed by atoms with Crippen LogP contribution >= 0.6 is 0 Å². The van der Waals surface area contributed by atoms with Gasteiger partial charge in [0.2, 0.25) is 0 Å². The van der Waals surface area contributed by atoms with Crippen molar-refractivity contribution in [1.82, 2.24) is 19.4 Å². The maximum absolute atomic E-state index is 12.1. The average Bonchev–Trinajstić information content (AvgIpc) is 3.27. The summed E-state index contributed by atoms with van der Waals surface area (Å²) < 4.78 is 3.52. The number of anilines is 1. The SMILES string of the molecule is Cn1nccc1-c1cc2c(NC3CCC(C)(O)C3(C)C)c(C(N)=O)cnn2c1. The molecule has 0 radical (unpaired) electrons. The first-order valence-electron chi connectivity index (χ1n) is 9.40. The normalized spacial score (nSPS) is 24.0. The van der Waals surface area contributed by atoms with Crippen LogP contribution in [0.3, 0.4) is 0 Å². The van der Waals surface area contributed by atoms with Crippen LogP contribution in [0.1, 0.15) is 44.0 Å². The second-order valence-corrected chi connectivity index (χ2v) is 8.43. The minimum absolute atomic E-state index is 0.0122. The number of nitrogens with zero attached hydrogens (tertiary/aromatic N) is 4. The van der Waals surface area contributed by atoms with E-state index < -0.39 is 11.5 Å². The Morgan fingerprint density at radius 1 is 1.36 bits per heavy atom. The van der Waals surface area contributed by atoms with E-state index >= 15 is 0 Å². The number of fused-ring (bicyclic) bond motifs is 1. The number of amides is 1. The average molecular weight is 382 g/mol. The van der Waals surface area contributed by atoms with Gasteiger partial charge in [0.05, 0.1) is 34.3 Å². The Kier molecular flexibility index (Phi) is 4.01. The van der Waals surface area contributed by atoms with Gasteiger partial charge in [-0.1, -0.05) is 13.8 Å². The van der Waals surface area contributed by atoms with Gasteiger partial charge in [0.1, 0.15) is 0 Å². The van der Waals surface area contributed by atoms with E-state index in [4.69, 9.17) is 5.73 Å². The van der Waals surface area contributed by atoms with Crippen molar-refractivity contribution in [3.05, 3.63) is 36.3 Å². The number of nitrogens with two attached hydrogens (primary N) is 1. The smallest absolute Gasteiger partial charge is 0.252 e. The summed E-state index contributed by atoms with van der Waals surface area (Å²) in [4.78, 5) is 12.1. The molecule has 2 atom stereocenters. The molecule has 3 heterocycles. The first kappa shape index (κ1) is 18.5. The van der Waals surface area contributed by atoms with Crippen LogP contribution in [-0.2, 0) is 7.05 Å². The van der Waals surface area contributed by atoms with Crippen molar-refractivity contribution < 1.29 is 9.90 Å². The van der Waals surface area contributed by atoms with Crippen LogP contribution in [0.25, 0.3) is 16.8 Å². The molecule has 2 unspecified atom stereocenters. The lowest BCUT2D eigenvalue weighted by molar-refractivity contribution is -0.0283. The molecule has 3 aromatic heterocycles. The van der Waals surface area contributed by atoms with Gasteiger partial charge in [0.15, 0.2) is 0 Å². The van der Waals surface area contributed by atoms with Gasteiger partial charge in [-0.2, -0.15) is 10.2 Å². The van der Waals surface area contributed by atoms with Gasteiger partial charge < -0.3 is 16.2 Å². The lowest BCUT2D eigenvalue weighted by atomic mass is 9.76. The zero-order valence-electron chi connectivity index (χ0n) is 16.6. The third-order valence-corrected chi connectivity index (χ3v) is 6.52. The maximum atomic E-state index is 12.1. The Labute approximate surface area is 163 Å². The molecule has 4 rings (SSSR count). The van der Waals surface area contributed by atoms with Gasteiger partial charge in [0, 0.05) is 36.5 Å². The molecule has 0 aliphatic heterocycles. The van der Waals surface area contributed by atoms with Gasteiger partial charge >= 0.3 is 0 Å². The summed E-state index contributed by atoms with van der Waals surface area (Å²) in [7, 11) is 1.88. The second kappa shape index (κ2) is 6.07. The number of aliphatic hydroxyl groups is 1. The quantitative estimate of drug-likeness (QED) is 0.641. The van der Waals surface area contributed by atoms with E-state index in [2.05, 4.69) is 15.5 Å². The number of carbonyl (C=O) groups excluding carboxylic acids is 1. The molecule has 28 heavy (non-hydrogen) atoms. The Morgan fingerprint density at radius 2 is 2.11 bits per heavy atom. The van der Waals surface area contributed by atoms with E-state index in [1.165, 1.54) is 6.20 Å². The molecule has 0 spiro atoms. The highest BCUT2D eigenvalue weighted by Gasteiger charge is 2.50. The van der Waals surface area contributed by atoms with Crippen molar-refractivity contribution in [1.29, 1.82) is 0 Å². The minimum Gasteiger partial charge on any atom is -0.390 e. The molecule has 148 valence electrons. The predicted molar refractivity (Wildman–Crippen MR) is 107 cm³/mol. The minimum atomic E-state index is -0.789. The zero-order chi connectivity index (χ0) is 20.3. The van der Waals surface area contributed by atoms with Gasteiger partial charge in [0.25, 0.3) is 5.91 Å². The van der Waals surface area contributed by atoms with Crippen molar-refractivity contribution in [2.45, 2.75) is 45.3 Å². The highest BCUT2D eigenvalue weighted by atomic mass is 16.3. The maximum Gasteiger partial charge on any atom is 0.252 e. The first-order chi connectivity index (χ1) is 13.1. The standard InChI is InChI=1S/C20H26N6O2/c1-19(2)16(5-7-20(19,3)28)24-17-13(18(21)27)10-23-26-11-12(9-15(17)26)14-6-8-22-25(14)4/h6,8-11,16,24,28H,5,7H2,1-4H3,(H2,21,27). The molecule has 8 heteroatoms. The van der Waals surface area contributed by atoms with Crippen molar-refractivity contribution in [2.24, 2.45) is 18.2 Å². The summed E-state index contributed by atoms with van der Waals surface area (Å²) in [6.07, 6.45) is 6.61. The van der Waals surface area contributed by atoms with Crippen LogP contribution in [0.2, 0.25) is 0 Å². The highest BCUT2D eigenvalue weighted by Crippen LogP contribution is 2.47. The van der Waals surface area contributed by atoms with Crippen LogP contribution in [-0.4, -0.2) is 42.1 Å². The third-order valence-electron chi connectivity index (χ3n) is 6.52. The molecule has 0 aromatic carbocycles. The van der Waals surface area contributed by atoms with Gasteiger partial charge in [-0.05, 0) is 31.9 Å². The van der Waals surface area contributed by atoms with Crippen LogP contribution in [0.15, 0.2) is 30.7 Å². The van der Waals surface area contributed by atoms with Crippen LogP contribution < -0.4 is 11.1 Å². The molecule has 8 nitrogen and oxygen atoms in total. The molecule has 0 saturated heterocycles. The van der Waals surface area contributed by atoms with Crippen molar-refractivity contribution in [3.8, 4) is 11.3 Å². The summed E-state index contributed by atoms with van der Waals surface area (Å²) in [6, 6.07) is 3.88. The van der Waals surface area contributed by atoms with Gasteiger partial charge in [-0.3, -0.25) is 9.48 Å². The monoisotopic (exact) mass is 382 g/mol. The number of nitrogens with one attached hydrogen (secondary N) is 1. The van der Waals surface area contributed by atoms with Crippen LogP contribution in [0.4, 0.5) is 5.69 Å². The van der Waals surface area contributed by atoms with Crippen molar-refractivity contribution >= 4 is 17.1 Å². The molecular weight excluding hydrogens is 356 g/mol. The topological polar surface area (TPSA) is 110 Å². The van der Waals surface area contributed by atoms with E-state index in [0.717, 1.165) is 23.2 Å². The lowest BCUT2D eigenvalue weighted by Crippen LogP contribution is -2.45. The first-order valence-corrected chi connectivity index (χ1v) is 9.40. The summed E-state index contributed by atoms with van der Waals surface area (Å²) in [6.45, 7) is 5.95. The van der Waals surface area contributed by atoms with Gasteiger partial charge in [-0.25, -0.2) is 4.52 Å². The Hall–Kier alpha value is -2.87. The van der Waals surface area contributed by atoms with Crippen molar-refractivity contribution in [2.75, 3.05) is 5.32 Å². The number of primary amides is 1. The van der Waals surface area contributed by atoms with E-state index in [-0.39, 0.29) is 11.5 Å². The second-order valence-electron chi connectivity index (χ2n) is 8.43. The summed E-state index contributed by atoms with van der Waals surface area (Å²) in [5.41, 5.74) is 8.10. The molecule has 1 fully saturated rings. The third kappa shape index (κ3) is 2.67.